The highest BCUT2D eigenvalue weighted by Crippen LogP contribution is 2.20. The molecule has 1 amide bonds. The lowest BCUT2D eigenvalue weighted by atomic mass is 10.2. The number of benzene rings is 1. The summed E-state index contributed by atoms with van der Waals surface area (Å²) >= 11 is 1.33. The Morgan fingerprint density at radius 2 is 2.11 bits per heavy atom. The molecular weight excluding hydrogens is 369 g/mol. The van der Waals surface area contributed by atoms with Gasteiger partial charge < -0.3 is 14.6 Å². The molecule has 1 aliphatic heterocycles. The molecule has 1 N–H and O–H groups in total. The standard InChI is InChI=1S/C18H24FN5O2S/c1-3-24-16(11-23-6-8-26-9-7-23)21-22-18(24)27-12-17(25)20-15-10-14(19)5-4-13(15)2/h4-5,10H,3,6-9,11-12H2,1-2H3,(H,20,25). The Morgan fingerprint density at radius 3 is 2.85 bits per heavy atom. The first kappa shape index (κ1) is 19.8. The molecule has 7 nitrogen and oxygen atoms in total. The van der Waals surface area contributed by atoms with Gasteiger partial charge in [0.1, 0.15) is 11.6 Å². The van der Waals surface area contributed by atoms with Crippen molar-refractivity contribution < 1.29 is 13.9 Å². The van der Waals surface area contributed by atoms with Crippen molar-refractivity contribution in [1.82, 2.24) is 19.7 Å². The van der Waals surface area contributed by atoms with Crippen LogP contribution in [0, 0.1) is 12.7 Å². The second-order valence-electron chi connectivity index (χ2n) is 6.33. The first-order chi connectivity index (χ1) is 13.1. The van der Waals surface area contributed by atoms with E-state index >= 15 is 0 Å². The van der Waals surface area contributed by atoms with Crippen molar-refractivity contribution >= 4 is 23.4 Å². The predicted octanol–water partition coefficient (Wildman–Crippen LogP) is 2.31. The minimum absolute atomic E-state index is 0.186. The molecule has 27 heavy (non-hydrogen) atoms. The number of aromatic nitrogens is 3. The molecule has 1 fully saturated rings. The maximum absolute atomic E-state index is 13.4. The number of anilines is 1. The number of hydrogen-bond donors (Lipinski definition) is 1. The van der Waals surface area contributed by atoms with Gasteiger partial charge >= 0.3 is 0 Å². The number of aryl methyl sites for hydroxylation is 1. The molecule has 9 heteroatoms. The van der Waals surface area contributed by atoms with Gasteiger partial charge in [0.2, 0.25) is 5.91 Å². The number of rotatable bonds is 7. The van der Waals surface area contributed by atoms with Gasteiger partial charge in [0.25, 0.3) is 0 Å². The van der Waals surface area contributed by atoms with E-state index in [2.05, 4.69) is 20.4 Å². The van der Waals surface area contributed by atoms with Crippen LogP contribution in [0.4, 0.5) is 10.1 Å². The van der Waals surface area contributed by atoms with Crippen LogP contribution in [-0.4, -0.2) is 57.6 Å². The van der Waals surface area contributed by atoms with E-state index in [0.29, 0.717) is 10.8 Å². The molecular formula is C18H24FN5O2S. The van der Waals surface area contributed by atoms with Crippen molar-refractivity contribution in [1.29, 1.82) is 0 Å². The normalized spacial score (nSPS) is 15.1. The molecule has 0 radical (unpaired) electrons. The fourth-order valence-corrected chi connectivity index (χ4v) is 3.69. The molecule has 0 atom stereocenters. The number of morpholine rings is 1. The number of hydrogen-bond acceptors (Lipinski definition) is 6. The summed E-state index contributed by atoms with van der Waals surface area (Å²) in [5, 5.41) is 12.0. The summed E-state index contributed by atoms with van der Waals surface area (Å²) in [5.41, 5.74) is 1.31. The quantitative estimate of drug-likeness (QED) is 0.728. The van der Waals surface area contributed by atoms with Crippen LogP contribution in [0.25, 0.3) is 0 Å². The maximum Gasteiger partial charge on any atom is 0.234 e. The number of amides is 1. The number of halogens is 1. The number of carbonyl (C=O) groups is 1. The van der Waals surface area contributed by atoms with E-state index in [1.807, 2.05) is 18.4 Å². The fraction of sp³-hybridized carbons (Fsp3) is 0.500. The highest BCUT2D eigenvalue weighted by atomic mass is 32.2. The summed E-state index contributed by atoms with van der Waals surface area (Å²) in [6, 6.07) is 4.34. The Labute approximate surface area is 162 Å². The molecule has 0 aliphatic carbocycles. The monoisotopic (exact) mass is 393 g/mol. The van der Waals surface area contributed by atoms with Crippen molar-refractivity contribution in [2.45, 2.75) is 32.1 Å². The molecule has 0 unspecified atom stereocenters. The van der Waals surface area contributed by atoms with Crippen LogP contribution in [0.1, 0.15) is 18.3 Å². The summed E-state index contributed by atoms with van der Waals surface area (Å²) in [5.74, 6) is 0.505. The lowest BCUT2D eigenvalue weighted by Crippen LogP contribution is -2.36. The van der Waals surface area contributed by atoms with Crippen LogP contribution in [0.5, 0.6) is 0 Å². The lowest BCUT2D eigenvalue weighted by Gasteiger charge is -2.26. The van der Waals surface area contributed by atoms with Crippen molar-refractivity contribution in [3.05, 3.63) is 35.4 Å². The highest BCUT2D eigenvalue weighted by Gasteiger charge is 2.18. The molecule has 1 saturated heterocycles. The Balaban J connectivity index is 1.58. The van der Waals surface area contributed by atoms with E-state index in [-0.39, 0.29) is 17.5 Å². The zero-order chi connectivity index (χ0) is 19.2. The highest BCUT2D eigenvalue weighted by molar-refractivity contribution is 7.99. The summed E-state index contributed by atoms with van der Waals surface area (Å²) in [6.07, 6.45) is 0. The molecule has 0 bridgehead atoms. The van der Waals surface area contributed by atoms with E-state index in [9.17, 15) is 9.18 Å². The van der Waals surface area contributed by atoms with Crippen molar-refractivity contribution in [3.63, 3.8) is 0 Å². The van der Waals surface area contributed by atoms with Crippen LogP contribution < -0.4 is 5.32 Å². The summed E-state index contributed by atoms with van der Waals surface area (Å²) in [4.78, 5) is 14.5. The van der Waals surface area contributed by atoms with Gasteiger partial charge in [-0.3, -0.25) is 9.69 Å². The van der Waals surface area contributed by atoms with Crippen LogP contribution in [0.3, 0.4) is 0 Å². The average Bonchev–Trinajstić information content (AvgIpc) is 3.05. The van der Waals surface area contributed by atoms with Crippen LogP contribution >= 0.6 is 11.8 Å². The minimum Gasteiger partial charge on any atom is -0.379 e. The molecule has 1 aromatic heterocycles. The summed E-state index contributed by atoms with van der Waals surface area (Å²) < 4.78 is 20.8. The lowest BCUT2D eigenvalue weighted by molar-refractivity contribution is -0.113. The van der Waals surface area contributed by atoms with Gasteiger partial charge in [0.05, 0.1) is 25.5 Å². The third-order valence-corrected chi connectivity index (χ3v) is 5.35. The molecule has 1 aromatic carbocycles. The van der Waals surface area contributed by atoms with Gasteiger partial charge in [0, 0.05) is 25.3 Å². The SMILES string of the molecule is CCn1c(CN2CCOCC2)nnc1SCC(=O)Nc1cc(F)ccc1C. The van der Waals surface area contributed by atoms with Crippen LogP contribution in [0.15, 0.2) is 23.4 Å². The molecule has 2 aromatic rings. The third-order valence-electron chi connectivity index (χ3n) is 4.38. The number of thioether (sulfide) groups is 1. The van der Waals surface area contributed by atoms with Crippen LogP contribution in [0.2, 0.25) is 0 Å². The van der Waals surface area contributed by atoms with Gasteiger partial charge in [-0.2, -0.15) is 0 Å². The van der Waals surface area contributed by atoms with Gasteiger partial charge in [-0.05, 0) is 31.5 Å². The molecule has 3 rings (SSSR count). The third kappa shape index (κ3) is 5.27. The molecule has 0 saturated carbocycles. The van der Waals surface area contributed by atoms with Crippen molar-refractivity contribution in [3.8, 4) is 0 Å². The molecule has 1 aliphatic rings. The van der Waals surface area contributed by atoms with E-state index < -0.39 is 0 Å². The Kier molecular flexibility index (Phi) is 6.81. The minimum atomic E-state index is -0.373. The molecule has 2 heterocycles. The predicted molar refractivity (Wildman–Crippen MR) is 102 cm³/mol. The number of ether oxygens (including phenoxy) is 1. The summed E-state index contributed by atoms with van der Waals surface area (Å²) in [6.45, 7) is 8.56. The van der Waals surface area contributed by atoms with Crippen LogP contribution in [-0.2, 0) is 22.6 Å². The van der Waals surface area contributed by atoms with Crippen molar-refractivity contribution in [2.75, 3.05) is 37.4 Å². The van der Waals surface area contributed by atoms with E-state index in [4.69, 9.17) is 4.74 Å². The van der Waals surface area contributed by atoms with E-state index in [1.165, 1.54) is 23.9 Å². The molecule has 146 valence electrons. The fourth-order valence-electron chi connectivity index (χ4n) is 2.86. The molecule has 0 spiro atoms. The maximum atomic E-state index is 13.4. The number of nitrogens with zero attached hydrogens (tertiary/aromatic N) is 4. The van der Waals surface area contributed by atoms with E-state index in [1.54, 1.807) is 6.07 Å². The van der Waals surface area contributed by atoms with E-state index in [0.717, 1.165) is 50.8 Å². The smallest absolute Gasteiger partial charge is 0.234 e. The number of carbonyl (C=O) groups excluding carboxylic acids is 1. The second-order valence-corrected chi connectivity index (χ2v) is 7.27. The van der Waals surface area contributed by atoms with Gasteiger partial charge in [-0.15, -0.1) is 10.2 Å². The average molecular weight is 393 g/mol. The number of nitrogens with one attached hydrogen (secondary N) is 1. The Hall–Kier alpha value is -1.97. The zero-order valence-corrected chi connectivity index (χ0v) is 16.4. The second kappa shape index (κ2) is 9.29. The Bertz CT molecular complexity index is 792. The first-order valence-corrected chi connectivity index (χ1v) is 9.96. The van der Waals surface area contributed by atoms with Gasteiger partial charge in [-0.25, -0.2) is 4.39 Å². The van der Waals surface area contributed by atoms with Gasteiger partial charge in [0.15, 0.2) is 5.16 Å². The Morgan fingerprint density at radius 1 is 1.33 bits per heavy atom. The largest absolute Gasteiger partial charge is 0.379 e. The summed E-state index contributed by atoms with van der Waals surface area (Å²) in [7, 11) is 0. The topological polar surface area (TPSA) is 72.3 Å². The van der Waals surface area contributed by atoms with Crippen molar-refractivity contribution in [2.24, 2.45) is 0 Å². The van der Waals surface area contributed by atoms with Gasteiger partial charge in [-0.1, -0.05) is 17.8 Å². The first-order valence-electron chi connectivity index (χ1n) is 8.97. The zero-order valence-electron chi connectivity index (χ0n) is 15.6.